The smallest absolute Gasteiger partial charge is 0.250 e. The normalized spacial score (nSPS) is 32.8. The van der Waals surface area contributed by atoms with Crippen LogP contribution in [0.15, 0.2) is 23.8 Å². The zero-order valence-electron chi connectivity index (χ0n) is 11.5. The summed E-state index contributed by atoms with van der Waals surface area (Å²) in [7, 11) is 0. The van der Waals surface area contributed by atoms with Gasteiger partial charge in [0.2, 0.25) is 5.91 Å². The Kier molecular flexibility index (Phi) is 2.84. The zero-order valence-corrected chi connectivity index (χ0v) is 11.5. The van der Waals surface area contributed by atoms with Crippen LogP contribution in [0.1, 0.15) is 46.0 Å². The molecule has 3 aliphatic rings. The zero-order chi connectivity index (χ0) is 12.8. The number of nitrogens with zero attached hydrogens (tertiary/aromatic N) is 1. The molecule has 2 atom stereocenters. The molecule has 0 radical (unpaired) electrons. The van der Waals surface area contributed by atoms with Crippen LogP contribution < -0.4 is 0 Å². The average Bonchev–Trinajstić information content (AvgIpc) is 3.01. The van der Waals surface area contributed by atoms with E-state index in [1.54, 1.807) is 0 Å². The third kappa shape index (κ3) is 1.92. The monoisotopic (exact) mass is 245 g/mol. The van der Waals surface area contributed by atoms with Crippen LogP contribution in [0.2, 0.25) is 0 Å². The molecule has 0 N–H and O–H groups in total. The van der Waals surface area contributed by atoms with Crippen molar-refractivity contribution < 1.29 is 4.79 Å². The van der Waals surface area contributed by atoms with Crippen molar-refractivity contribution in [2.75, 3.05) is 6.54 Å². The second-order valence-corrected chi connectivity index (χ2v) is 6.39. The number of carbonyl (C=O) groups is 1. The Morgan fingerprint density at radius 3 is 2.89 bits per heavy atom. The molecule has 0 aromatic carbocycles. The van der Waals surface area contributed by atoms with Gasteiger partial charge in [0.15, 0.2) is 0 Å². The summed E-state index contributed by atoms with van der Waals surface area (Å²) in [6.07, 6.45) is 12.2. The summed E-state index contributed by atoms with van der Waals surface area (Å²) in [4.78, 5) is 14.9. The third-order valence-corrected chi connectivity index (χ3v) is 4.98. The Morgan fingerprint density at radius 1 is 1.50 bits per heavy atom. The maximum absolute atomic E-state index is 12.7. The predicted molar refractivity (Wildman–Crippen MR) is 73.1 cm³/mol. The van der Waals surface area contributed by atoms with Crippen LogP contribution in [0.4, 0.5) is 0 Å². The second-order valence-electron chi connectivity index (χ2n) is 6.39. The minimum absolute atomic E-state index is 0.308. The molecule has 0 aromatic rings. The van der Waals surface area contributed by atoms with Crippen LogP contribution in [0.25, 0.3) is 0 Å². The molecule has 1 saturated carbocycles. The van der Waals surface area contributed by atoms with Gasteiger partial charge in [-0.25, -0.2) is 0 Å². The number of allylic oxidation sites excluding steroid dienone is 3. The average molecular weight is 245 g/mol. The molecule has 2 nitrogen and oxygen atoms in total. The number of carbonyl (C=O) groups excluding carboxylic acids is 1. The highest BCUT2D eigenvalue weighted by Crippen LogP contribution is 2.55. The van der Waals surface area contributed by atoms with Crippen LogP contribution in [-0.2, 0) is 4.79 Å². The standard InChI is InChI=1S/C16H23NO/c1-3-13-10-16(8-9-16)11-17(13)15(18)14-7-5-4-6-12(14)2/h4-5,7,12-13H,3,6,8-11H2,1-2H3. The molecule has 2 heteroatoms. The van der Waals surface area contributed by atoms with E-state index in [9.17, 15) is 4.79 Å². The highest BCUT2D eigenvalue weighted by Gasteiger charge is 2.52. The van der Waals surface area contributed by atoms with Crippen molar-refractivity contribution in [2.24, 2.45) is 11.3 Å². The SMILES string of the molecule is CCC1CC2(CC2)CN1C(=O)C1=CC=CCC1C. The van der Waals surface area contributed by atoms with E-state index >= 15 is 0 Å². The van der Waals surface area contributed by atoms with Crippen molar-refractivity contribution >= 4 is 5.91 Å². The second kappa shape index (κ2) is 4.25. The molecule has 1 spiro atoms. The van der Waals surface area contributed by atoms with Gasteiger partial charge in [0.1, 0.15) is 0 Å². The van der Waals surface area contributed by atoms with Gasteiger partial charge in [-0.3, -0.25) is 4.79 Å². The fourth-order valence-corrected chi connectivity index (χ4v) is 3.50. The largest absolute Gasteiger partial charge is 0.335 e. The minimum Gasteiger partial charge on any atom is -0.335 e. The molecule has 2 aliphatic carbocycles. The Morgan fingerprint density at radius 2 is 2.28 bits per heavy atom. The Bertz CT molecular complexity index is 417. The van der Waals surface area contributed by atoms with E-state index in [0.29, 0.717) is 23.3 Å². The van der Waals surface area contributed by atoms with Crippen molar-refractivity contribution in [1.82, 2.24) is 4.90 Å². The van der Waals surface area contributed by atoms with E-state index < -0.39 is 0 Å². The number of amides is 1. The molecule has 0 aromatic heterocycles. The molecule has 2 fully saturated rings. The van der Waals surface area contributed by atoms with Gasteiger partial charge in [0.25, 0.3) is 0 Å². The fourth-order valence-electron chi connectivity index (χ4n) is 3.50. The van der Waals surface area contributed by atoms with Crippen molar-refractivity contribution in [3.8, 4) is 0 Å². The van der Waals surface area contributed by atoms with Crippen molar-refractivity contribution in [2.45, 2.75) is 52.0 Å². The Balaban J connectivity index is 1.79. The summed E-state index contributed by atoms with van der Waals surface area (Å²) in [6.45, 7) is 5.39. The summed E-state index contributed by atoms with van der Waals surface area (Å²) >= 11 is 0. The van der Waals surface area contributed by atoms with Crippen molar-refractivity contribution in [3.63, 3.8) is 0 Å². The van der Waals surface area contributed by atoms with E-state index in [-0.39, 0.29) is 0 Å². The van der Waals surface area contributed by atoms with Crippen molar-refractivity contribution in [1.29, 1.82) is 0 Å². The minimum atomic E-state index is 0.308. The third-order valence-electron chi connectivity index (χ3n) is 4.98. The molecule has 1 amide bonds. The molecule has 2 unspecified atom stereocenters. The number of rotatable bonds is 2. The summed E-state index contributed by atoms with van der Waals surface area (Å²) in [6, 6.07) is 0.485. The first-order valence-electron chi connectivity index (χ1n) is 7.33. The van der Waals surface area contributed by atoms with Crippen LogP contribution >= 0.6 is 0 Å². The summed E-state index contributed by atoms with van der Waals surface area (Å²) in [5.74, 6) is 0.693. The molecule has 3 rings (SSSR count). The highest BCUT2D eigenvalue weighted by atomic mass is 16.2. The van der Waals surface area contributed by atoms with E-state index in [2.05, 4.69) is 24.8 Å². The van der Waals surface area contributed by atoms with Crippen LogP contribution in [0, 0.1) is 11.3 Å². The Hall–Kier alpha value is -1.05. The molecule has 1 saturated heterocycles. The summed E-state index contributed by atoms with van der Waals surface area (Å²) in [5, 5.41) is 0. The highest BCUT2D eigenvalue weighted by molar-refractivity contribution is 5.95. The first-order chi connectivity index (χ1) is 8.65. The van der Waals surface area contributed by atoms with Gasteiger partial charge in [-0.1, -0.05) is 32.1 Å². The van der Waals surface area contributed by atoms with Gasteiger partial charge in [0, 0.05) is 18.2 Å². The van der Waals surface area contributed by atoms with Gasteiger partial charge in [-0.05, 0) is 43.4 Å². The number of likely N-dealkylation sites (tertiary alicyclic amines) is 1. The van der Waals surface area contributed by atoms with Crippen LogP contribution in [0.3, 0.4) is 0 Å². The van der Waals surface area contributed by atoms with Gasteiger partial charge in [0.05, 0.1) is 0 Å². The Labute approximate surface area is 110 Å². The molecular weight excluding hydrogens is 222 g/mol. The maximum Gasteiger partial charge on any atom is 0.250 e. The van der Waals surface area contributed by atoms with E-state index in [0.717, 1.165) is 25.0 Å². The van der Waals surface area contributed by atoms with Gasteiger partial charge < -0.3 is 4.90 Å². The van der Waals surface area contributed by atoms with E-state index in [1.165, 1.54) is 19.3 Å². The fraction of sp³-hybridized carbons (Fsp3) is 0.688. The topological polar surface area (TPSA) is 20.3 Å². The van der Waals surface area contributed by atoms with E-state index in [1.807, 2.05) is 12.2 Å². The molecule has 98 valence electrons. The van der Waals surface area contributed by atoms with Gasteiger partial charge in [-0.2, -0.15) is 0 Å². The molecular formula is C16H23NO. The molecule has 1 heterocycles. The summed E-state index contributed by atoms with van der Waals surface area (Å²) < 4.78 is 0. The molecule has 1 aliphatic heterocycles. The van der Waals surface area contributed by atoms with Crippen molar-refractivity contribution in [3.05, 3.63) is 23.8 Å². The first kappa shape index (κ1) is 12.0. The lowest BCUT2D eigenvalue weighted by Crippen LogP contribution is -2.38. The lowest BCUT2D eigenvalue weighted by Gasteiger charge is -2.27. The van der Waals surface area contributed by atoms with Crippen LogP contribution in [0.5, 0.6) is 0 Å². The number of hydrogen-bond donors (Lipinski definition) is 0. The lowest BCUT2D eigenvalue weighted by molar-refractivity contribution is -0.128. The van der Waals surface area contributed by atoms with E-state index in [4.69, 9.17) is 0 Å². The van der Waals surface area contributed by atoms with Gasteiger partial charge >= 0.3 is 0 Å². The van der Waals surface area contributed by atoms with Gasteiger partial charge in [-0.15, -0.1) is 0 Å². The quantitative estimate of drug-likeness (QED) is 0.731. The summed E-state index contributed by atoms with van der Waals surface area (Å²) in [5.41, 5.74) is 1.54. The maximum atomic E-state index is 12.7. The lowest BCUT2D eigenvalue weighted by atomic mass is 9.92. The van der Waals surface area contributed by atoms with Crippen LogP contribution in [-0.4, -0.2) is 23.4 Å². The predicted octanol–water partition coefficient (Wildman–Crippen LogP) is 3.30. The number of hydrogen-bond acceptors (Lipinski definition) is 1. The molecule has 0 bridgehead atoms. The molecule has 18 heavy (non-hydrogen) atoms. The first-order valence-corrected chi connectivity index (χ1v) is 7.33.